The Morgan fingerprint density at radius 1 is 1.33 bits per heavy atom. The van der Waals surface area contributed by atoms with Gasteiger partial charge in [0.1, 0.15) is 5.82 Å². The average Bonchev–Trinajstić information content (AvgIpc) is 3.34. The molecule has 0 unspecified atom stereocenters. The van der Waals surface area contributed by atoms with Crippen LogP contribution in [0.5, 0.6) is 5.88 Å². The third kappa shape index (κ3) is 3.00. The second kappa shape index (κ2) is 5.97. The van der Waals surface area contributed by atoms with E-state index in [-0.39, 0.29) is 0 Å². The standard InChI is InChI=1S/C15H17BrN4O/c1-3-17-15-12(16)13(9-4-5-9)19-14(20-15)10-6-7-11(21-2)18-8-10/h6-9H,3-5H2,1-2H3,(H,17,19,20). The van der Waals surface area contributed by atoms with Gasteiger partial charge in [-0.15, -0.1) is 0 Å². The van der Waals surface area contributed by atoms with Crippen LogP contribution in [0.25, 0.3) is 11.4 Å². The molecule has 6 heteroatoms. The van der Waals surface area contributed by atoms with Crippen molar-refractivity contribution in [2.75, 3.05) is 19.0 Å². The average molecular weight is 349 g/mol. The lowest BCUT2D eigenvalue weighted by atomic mass is 10.2. The zero-order valence-corrected chi connectivity index (χ0v) is 13.6. The van der Waals surface area contributed by atoms with Gasteiger partial charge in [-0.3, -0.25) is 0 Å². The fourth-order valence-electron chi connectivity index (χ4n) is 2.14. The molecule has 0 aromatic carbocycles. The zero-order valence-electron chi connectivity index (χ0n) is 12.1. The lowest BCUT2D eigenvalue weighted by Gasteiger charge is -2.12. The highest BCUT2D eigenvalue weighted by atomic mass is 79.9. The minimum absolute atomic E-state index is 0.546. The summed E-state index contributed by atoms with van der Waals surface area (Å²) >= 11 is 3.63. The minimum atomic E-state index is 0.546. The van der Waals surface area contributed by atoms with Crippen molar-refractivity contribution in [2.24, 2.45) is 0 Å². The smallest absolute Gasteiger partial charge is 0.212 e. The van der Waals surface area contributed by atoms with E-state index in [0.29, 0.717) is 17.6 Å². The van der Waals surface area contributed by atoms with Crippen molar-refractivity contribution in [3.63, 3.8) is 0 Å². The first-order valence-corrected chi connectivity index (χ1v) is 7.84. The lowest BCUT2D eigenvalue weighted by molar-refractivity contribution is 0.398. The number of methoxy groups -OCH3 is 1. The number of halogens is 1. The summed E-state index contributed by atoms with van der Waals surface area (Å²) in [6.45, 7) is 2.87. The largest absolute Gasteiger partial charge is 0.481 e. The van der Waals surface area contributed by atoms with Crippen LogP contribution >= 0.6 is 15.9 Å². The fraction of sp³-hybridized carbons (Fsp3) is 0.400. The summed E-state index contributed by atoms with van der Waals surface area (Å²) in [5, 5.41) is 3.29. The van der Waals surface area contributed by atoms with Gasteiger partial charge in [-0.05, 0) is 41.8 Å². The Bertz CT molecular complexity index is 641. The van der Waals surface area contributed by atoms with E-state index in [9.17, 15) is 0 Å². The number of nitrogens with one attached hydrogen (secondary N) is 1. The normalized spacial score (nSPS) is 14.0. The molecule has 21 heavy (non-hydrogen) atoms. The summed E-state index contributed by atoms with van der Waals surface area (Å²) in [6.07, 6.45) is 4.14. The molecule has 2 heterocycles. The van der Waals surface area contributed by atoms with E-state index >= 15 is 0 Å². The molecule has 0 bridgehead atoms. The van der Waals surface area contributed by atoms with Crippen molar-refractivity contribution in [1.82, 2.24) is 15.0 Å². The Balaban J connectivity index is 2.03. The van der Waals surface area contributed by atoms with Crippen molar-refractivity contribution in [3.8, 4) is 17.3 Å². The SMILES string of the molecule is CCNc1nc(-c2ccc(OC)nc2)nc(C2CC2)c1Br. The summed E-state index contributed by atoms with van der Waals surface area (Å²) in [4.78, 5) is 13.6. The highest BCUT2D eigenvalue weighted by molar-refractivity contribution is 9.10. The molecule has 2 aromatic heterocycles. The van der Waals surface area contributed by atoms with Crippen LogP contribution in [0, 0.1) is 0 Å². The minimum Gasteiger partial charge on any atom is -0.481 e. The summed E-state index contributed by atoms with van der Waals surface area (Å²) in [7, 11) is 1.60. The molecular formula is C15H17BrN4O. The first kappa shape index (κ1) is 14.3. The van der Waals surface area contributed by atoms with Gasteiger partial charge in [0.2, 0.25) is 5.88 Å². The van der Waals surface area contributed by atoms with Crippen molar-refractivity contribution in [1.29, 1.82) is 0 Å². The van der Waals surface area contributed by atoms with Gasteiger partial charge < -0.3 is 10.1 Å². The van der Waals surface area contributed by atoms with E-state index in [2.05, 4.69) is 38.1 Å². The van der Waals surface area contributed by atoms with Gasteiger partial charge in [-0.25, -0.2) is 15.0 Å². The van der Waals surface area contributed by atoms with E-state index in [1.807, 2.05) is 12.1 Å². The van der Waals surface area contributed by atoms with Crippen LogP contribution in [-0.2, 0) is 0 Å². The molecule has 0 aliphatic heterocycles. The molecule has 0 amide bonds. The van der Waals surface area contributed by atoms with Crippen molar-refractivity contribution >= 4 is 21.7 Å². The third-order valence-corrected chi connectivity index (χ3v) is 4.17. The molecule has 1 N–H and O–H groups in total. The Kier molecular flexibility index (Phi) is 4.05. The summed E-state index contributed by atoms with van der Waals surface area (Å²) in [6, 6.07) is 3.76. The van der Waals surface area contributed by atoms with Crippen LogP contribution in [0.4, 0.5) is 5.82 Å². The molecule has 0 spiro atoms. The number of hydrogen-bond donors (Lipinski definition) is 1. The van der Waals surface area contributed by atoms with Crippen molar-refractivity contribution in [3.05, 3.63) is 28.5 Å². The number of ether oxygens (including phenoxy) is 1. The molecular weight excluding hydrogens is 332 g/mol. The molecule has 0 saturated heterocycles. The molecule has 1 saturated carbocycles. The van der Waals surface area contributed by atoms with E-state index in [4.69, 9.17) is 9.72 Å². The first-order valence-electron chi connectivity index (χ1n) is 7.04. The Morgan fingerprint density at radius 2 is 2.14 bits per heavy atom. The van der Waals surface area contributed by atoms with Gasteiger partial charge in [0, 0.05) is 30.3 Å². The van der Waals surface area contributed by atoms with E-state index in [1.165, 1.54) is 12.8 Å². The van der Waals surface area contributed by atoms with Crippen LogP contribution in [0.3, 0.4) is 0 Å². The van der Waals surface area contributed by atoms with Gasteiger partial charge in [0.25, 0.3) is 0 Å². The maximum absolute atomic E-state index is 5.09. The summed E-state index contributed by atoms with van der Waals surface area (Å²) in [5.41, 5.74) is 1.98. The number of anilines is 1. The summed E-state index contributed by atoms with van der Waals surface area (Å²) in [5.74, 6) is 2.68. The number of pyridine rings is 1. The van der Waals surface area contributed by atoms with E-state index < -0.39 is 0 Å². The second-order valence-electron chi connectivity index (χ2n) is 4.99. The van der Waals surface area contributed by atoms with E-state index in [1.54, 1.807) is 13.3 Å². The van der Waals surface area contributed by atoms with Crippen LogP contribution in [0.15, 0.2) is 22.8 Å². The summed E-state index contributed by atoms with van der Waals surface area (Å²) < 4.78 is 6.07. The first-order chi connectivity index (χ1) is 10.2. The molecule has 3 rings (SSSR count). The predicted octanol–water partition coefficient (Wildman–Crippen LogP) is 3.62. The monoisotopic (exact) mass is 348 g/mol. The van der Waals surface area contributed by atoms with E-state index in [0.717, 1.165) is 28.1 Å². The molecule has 0 radical (unpaired) electrons. The van der Waals surface area contributed by atoms with Gasteiger partial charge in [-0.2, -0.15) is 0 Å². The molecule has 1 aliphatic carbocycles. The Hall–Kier alpha value is -1.69. The van der Waals surface area contributed by atoms with Crippen LogP contribution < -0.4 is 10.1 Å². The van der Waals surface area contributed by atoms with Crippen LogP contribution in [0.1, 0.15) is 31.4 Å². The van der Waals surface area contributed by atoms with Crippen molar-refractivity contribution in [2.45, 2.75) is 25.7 Å². The number of nitrogens with zero attached hydrogens (tertiary/aromatic N) is 3. The maximum atomic E-state index is 5.09. The lowest BCUT2D eigenvalue weighted by Crippen LogP contribution is -2.06. The fourth-order valence-corrected chi connectivity index (χ4v) is 2.78. The molecule has 1 fully saturated rings. The molecule has 2 aromatic rings. The van der Waals surface area contributed by atoms with Gasteiger partial charge in [-0.1, -0.05) is 0 Å². The Labute approximate surface area is 132 Å². The second-order valence-corrected chi connectivity index (χ2v) is 5.78. The zero-order chi connectivity index (χ0) is 14.8. The molecule has 0 atom stereocenters. The predicted molar refractivity (Wildman–Crippen MR) is 85.7 cm³/mol. The number of aromatic nitrogens is 3. The number of rotatable bonds is 5. The number of hydrogen-bond acceptors (Lipinski definition) is 5. The maximum Gasteiger partial charge on any atom is 0.212 e. The highest BCUT2D eigenvalue weighted by Crippen LogP contribution is 2.44. The van der Waals surface area contributed by atoms with Gasteiger partial charge >= 0.3 is 0 Å². The topological polar surface area (TPSA) is 59.9 Å². The van der Waals surface area contributed by atoms with Crippen LogP contribution in [-0.4, -0.2) is 28.6 Å². The third-order valence-electron chi connectivity index (χ3n) is 3.39. The highest BCUT2D eigenvalue weighted by Gasteiger charge is 2.29. The molecule has 5 nitrogen and oxygen atoms in total. The Morgan fingerprint density at radius 3 is 2.71 bits per heavy atom. The molecule has 1 aliphatic rings. The quantitative estimate of drug-likeness (QED) is 0.893. The van der Waals surface area contributed by atoms with Gasteiger partial charge in [0.05, 0.1) is 17.3 Å². The van der Waals surface area contributed by atoms with Crippen molar-refractivity contribution < 1.29 is 4.74 Å². The molecule has 110 valence electrons. The van der Waals surface area contributed by atoms with Gasteiger partial charge in [0.15, 0.2) is 5.82 Å². The van der Waals surface area contributed by atoms with Crippen LogP contribution in [0.2, 0.25) is 0 Å².